The van der Waals surface area contributed by atoms with Crippen LogP contribution in [0.15, 0.2) is 48.5 Å². The lowest BCUT2D eigenvalue weighted by atomic mass is 9.90. The van der Waals surface area contributed by atoms with E-state index in [9.17, 15) is 9.59 Å². The number of methoxy groups -OCH3 is 2. The van der Waals surface area contributed by atoms with Crippen LogP contribution in [0.2, 0.25) is 0 Å². The summed E-state index contributed by atoms with van der Waals surface area (Å²) in [6, 6.07) is 14.0. The van der Waals surface area contributed by atoms with E-state index in [1.54, 1.807) is 50.4 Å². The van der Waals surface area contributed by atoms with E-state index in [4.69, 9.17) is 9.47 Å². The number of rotatable bonds is 6. The average molecular weight is 328 g/mol. The maximum absolute atomic E-state index is 12.4. The summed E-state index contributed by atoms with van der Waals surface area (Å²) in [5, 5.41) is 0. The molecule has 0 aliphatic rings. The molecule has 0 N–H and O–H groups in total. The number of hydrogen-bond acceptors (Lipinski definition) is 5. The molecule has 1 atom stereocenters. The van der Waals surface area contributed by atoms with Gasteiger partial charge >= 0.3 is 11.9 Å². The first-order valence-electron chi connectivity index (χ1n) is 7.59. The molecule has 24 heavy (non-hydrogen) atoms. The molecule has 0 heterocycles. The monoisotopic (exact) mass is 328 g/mol. The summed E-state index contributed by atoms with van der Waals surface area (Å²) in [6.45, 7) is 2.06. The van der Waals surface area contributed by atoms with Crippen molar-refractivity contribution in [1.29, 1.82) is 0 Å². The molecule has 0 radical (unpaired) electrons. The van der Waals surface area contributed by atoms with Gasteiger partial charge < -0.3 is 14.2 Å². The van der Waals surface area contributed by atoms with Gasteiger partial charge in [0.05, 0.1) is 26.4 Å². The lowest BCUT2D eigenvalue weighted by Gasteiger charge is -2.17. The average Bonchev–Trinajstić information content (AvgIpc) is 2.62. The van der Waals surface area contributed by atoms with Gasteiger partial charge in [0.15, 0.2) is 0 Å². The molecule has 0 aliphatic carbocycles. The summed E-state index contributed by atoms with van der Waals surface area (Å²) in [7, 11) is 2.92. The molecule has 2 aromatic carbocycles. The fourth-order valence-electron chi connectivity index (χ4n) is 2.42. The van der Waals surface area contributed by atoms with E-state index in [-0.39, 0.29) is 5.97 Å². The summed E-state index contributed by atoms with van der Waals surface area (Å²) in [5.41, 5.74) is 1.96. The molecule has 0 saturated heterocycles. The van der Waals surface area contributed by atoms with Gasteiger partial charge in [0.2, 0.25) is 0 Å². The van der Waals surface area contributed by atoms with Crippen LogP contribution in [0.1, 0.15) is 34.3 Å². The van der Waals surface area contributed by atoms with Gasteiger partial charge in [-0.05, 0) is 42.3 Å². The highest BCUT2D eigenvalue weighted by Crippen LogP contribution is 2.28. The number of ether oxygens (including phenoxy) is 3. The first kappa shape index (κ1) is 17.5. The fraction of sp³-hybridized carbons (Fsp3) is 0.263. The van der Waals surface area contributed by atoms with Crippen molar-refractivity contribution in [2.24, 2.45) is 0 Å². The Morgan fingerprint density at radius 3 is 1.92 bits per heavy atom. The molecule has 0 aromatic heterocycles. The minimum absolute atomic E-state index is 0.297. The minimum atomic E-state index is -0.567. The van der Waals surface area contributed by atoms with E-state index in [1.165, 1.54) is 7.11 Å². The summed E-state index contributed by atoms with van der Waals surface area (Å²) >= 11 is 0. The molecule has 2 rings (SSSR count). The topological polar surface area (TPSA) is 61.8 Å². The highest BCUT2D eigenvalue weighted by Gasteiger charge is 2.24. The third-order valence-corrected chi connectivity index (χ3v) is 3.64. The number of carbonyl (C=O) groups excluding carboxylic acids is 2. The third-order valence-electron chi connectivity index (χ3n) is 3.64. The summed E-state index contributed by atoms with van der Waals surface area (Å²) in [6.07, 6.45) is 0. The largest absolute Gasteiger partial charge is 0.497 e. The van der Waals surface area contributed by atoms with E-state index in [1.807, 2.05) is 12.1 Å². The van der Waals surface area contributed by atoms with Gasteiger partial charge in [-0.2, -0.15) is 0 Å². The van der Waals surface area contributed by atoms with Crippen molar-refractivity contribution < 1.29 is 23.8 Å². The van der Waals surface area contributed by atoms with Gasteiger partial charge in [-0.25, -0.2) is 4.79 Å². The van der Waals surface area contributed by atoms with Crippen molar-refractivity contribution in [2.45, 2.75) is 12.8 Å². The van der Waals surface area contributed by atoms with Crippen molar-refractivity contribution >= 4 is 11.9 Å². The molecule has 0 fully saturated rings. The molecule has 2 aromatic rings. The zero-order valence-corrected chi connectivity index (χ0v) is 13.9. The molecule has 0 saturated carbocycles. The fourth-order valence-corrected chi connectivity index (χ4v) is 2.42. The Hall–Kier alpha value is -2.82. The maximum atomic E-state index is 12.4. The Balaban J connectivity index is 2.38. The predicted molar refractivity (Wildman–Crippen MR) is 89.3 cm³/mol. The molecule has 0 aliphatic heterocycles. The van der Waals surface area contributed by atoms with E-state index >= 15 is 0 Å². The summed E-state index contributed by atoms with van der Waals surface area (Å²) in [5.74, 6) is -0.614. The molecule has 126 valence electrons. The van der Waals surface area contributed by atoms with Gasteiger partial charge in [0.25, 0.3) is 0 Å². The quantitative estimate of drug-likeness (QED) is 0.762. The van der Waals surface area contributed by atoms with Crippen molar-refractivity contribution in [1.82, 2.24) is 0 Å². The van der Waals surface area contributed by atoms with Gasteiger partial charge in [-0.15, -0.1) is 0 Å². The Morgan fingerprint density at radius 1 is 0.917 bits per heavy atom. The second-order valence-electron chi connectivity index (χ2n) is 5.07. The molecule has 5 heteroatoms. The van der Waals surface area contributed by atoms with Gasteiger partial charge in [0.1, 0.15) is 11.7 Å². The highest BCUT2D eigenvalue weighted by molar-refractivity contribution is 5.89. The standard InChI is InChI=1S/C19H20O5/c1-4-24-19(21)17(14-9-11-16(22-2)12-10-14)13-5-7-15(8-6-13)18(20)23-3/h5-12,17H,4H2,1-3H3. The maximum Gasteiger partial charge on any atom is 0.337 e. The number of carbonyl (C=O) groups is 2. The van der Waals surface area contributed by atoms with Crippen molar-refractivity contribution in [2.75, 3.05) is 20.8 Å². The lowest BCUT2D eigenvalue weighted by molar-refractivity contribution is -0.143. The molecular formula is C19H20O5. The van der Waals surface area contributed by atoms with Crippen LogP contribution in [0, 0.1) is 0 Å². The van der Waals surface area contributed by atoms with Crippen LogP contribution in [0.25, 0.3) is 0 Å². The number of benzene rings is 2. The van der Waals surface area contributed by atoms with E-state index in [2.05, 4.69) is 4.74 Å². The van der Waals surface area contributed by atoms with E-state index in [0.29, 0.717) is 17.9 Å². The number of esters is 2. The van der Waals surface area contributed by atoms with Gasteiger partial charge in [0, 0.05) is 0 Å². The first-order valence-corrected chi connectivity index (χ1v) is 7.59. The van der Waals surface area contributed by atoms with Gasteiger partial charge in [-0.3, -0.25) is 4.79 Å². The summed E-state index contributed by atoms with van der Waals surface area (Å²) in [4.78, 5) is 24.0. The molecule has 0 amide bonds. The van der Waals surface area contributed by atoms with Crippen LogP contribution in [0.3, 0.4) is 0 Å². The second kappa shape index (κ2) is 8.15. The van der Waals surface area contributed by atoms with Crippen molar-refractivity contribution in [3.8, 4) is 5.75 Å². The Bertz CT molecular complexity index is 689. The molecule has 0 spiro atoms. The molecule has 5 nitrogen and oxygen atoms in total. The normalized spacial score (nSPS) is 11.5. The number of hydrogen-bond donors (Lipinski definition) is 0. The highest BCUT2D eigenvalue weighted by atomic mass is 16.5. The Kier molecular flexibility index (Phi) is 5.95. The van der Waals surface area contributed by atoms with Crippen LogP contribution >= 0.6 is 0 Å². The first-order chi connectivity index (χ1) is 11.6. The third kappa shape index (κ3) is 3.93. The summed E-state index contributed by atoms with van der Waals surface area (Å²) < 4.78 is 15.0. The van der Waals surface area contributed by atoms with Crippen LogP contribution in [-0.4, -0.2) is 32.8 Å². The SMILES string of the molecule is CCOC(=O)C(c1ccc(OC)cc1)c1ccc(C(=O)OC)cc1. The smallest absolute Gasteiger partial charge is 0.337 e. The molecule has 0 bridgehead atoms. The Morgan fingerprint density at radius 2 is 1.46 bits per heavy atom. The van der Waals surface area contributed by atoms with Crippen LogP contribution in [-0.2, 0) is 14.3 Å². The zero-order chi connectivity index (χ0) is 17.5. The van der Waals surface area contributed by atoms with Crippen LogP contribution in [0.4, 0.5) is 0 Å². The van der Waals surface area contributed by atoms with Gasteiger partial charge in [-0.1, -0.05) is 24.3 Å². The van der Waals surface area contributed by atoms with Crippen molar-refractivity contribution in [3.05, 3.63) is 65.2 Å². The lowest BCUT2D eigenvalue weighted by Crippen LogP contribution is -2.17. The zero-order valence-electron chi connectivity index (χ0n) is 13.9. The van der Waals surface area contributed by atoms with E-state index < -0.39 is 11.9 Å². The molecule has 1 unspecified atom stereocenters. The molecular weight excluding hydrogens is 308 g/mol. The van der Waals surface area contributed by atoms with E-state index in [0.717, 1.165) is 11.1 Å². The second-order valence-corrected chi connectivity index (χ2v) is 5.07. The van der Waals surface area contributed by atoms with Crippen molar-refractivity contribution in [3.63, 3.8) is 0 Å². The predicted octanol–water partition coefficient (Wildman–Crippen LogP) is 3.18. The van der Waals surface area contributed by atoms with Crippen LogP contribution in [0.5, 0.6) is 5.75 Å². The van der Waals surface area contributed by atoms with Crippen LogP contribution < -0.4 is 4.74 Å². The minimum Gasteiger partial charge on any atom is -0.497 e. The Labute approximate surface area is 141 Å².